The summed E-state index contributed by atoms with van der Waals surface area (Å²) < 4.78 is 0. The van der Waals surface area contributed by atoms with E-state index in [0.717, 1.165) is 27.6 Å². The largest absolute Gasteiger partial charge is 0.477 e. The van der Waals surface area contributed by atoms with Crippen LogP contribution in [-0.2, 0) is 0 Å². The zero-order valence-electron chi connectivity index (χ0n) is 9.60. The Bertz CT molecular complexity index is 742. The lowest BCUT2D eigenvalue weighted by molar-refractivity contribution is 0.0703. The maximum Gasteiger partial charge on any atom is 0.346 e. The lowest BCUT2D eigenvalue weighted by atomic mass is 9.97. The molecule has 0 aliphatic carbocycles. The number of nitrogens with zero attached hydrogens (tertiary/aromatic N) is 1. The third kappa shape index (κ3) is 1.52. The third-order valence-electron chi connectivity index (χ3n) is 2.96. The second kappa shape index (κ2) is 3.96. The molecular formula is C13H10N2O2S. The molecule has 0 fully saturated rings. The zero-order chi connectivity index (χ0) is 12.7. The summed E-state index contributed by atoms with van der Waals surface area (Å²) in [6, 6.07) is 5.77. The molecule has 0 aliphatic rings. The van der Waals surface area contributed by atoms with E-state index in [4.69, 9.17) is 0 Å². The number of carboxylic acids is 1. The summed E-state index contributed by atoms with van der Waals surface area (Å²) in [6.45, 7) is 1.98. The monoisotopic (exact) mass is 258 g/mol. The van der Waals surface area contributed by atoms with Gasteiger partial charge in [0.25, 0.3) is 0 Å². The molecule has 5 heteroatoms. The lowest BCUT2D eigenvalue weighted by Gasteiger charge is -2.06. The second-order valence-corrected chi connectivity index (χ2v) is 4.97. The van der Waals surface area contributed by atoms with Gasteiger partial charge in [-0.05, 0) is 35.6 Å². The van der Waals surface area contributed by atoms with Gasteiger partial charge in [0.15, 0.2) is 0 Å². The number of fused-ring (bicyclic) bond motifs is 1. The molecule has 0 unspecified atom stereocenters. The van der Waals surface area contributed by atoms with Gasteiger partial charge in [0.2, 0.25) is 0 Å². The SMILES string of the molecule is Cc1ccc2[nH]ncc2c1-c1ccsc1C(=O)O. The molecule has 90 valence electrons. The maximum atomic E-state index is 11.2. The van der Waals surface area contributed by atoms with Crippen LogP contribution in [0, 0.1) is 6.92 Å². The number of thiophene rings is 1. The highest BCUT2D eigenvalue weighted by molar-refractivity contribution is 7.12. The standard InChI is InChI=1S/C13H10N2O2S/c1-7-2-3-10-9(6-14-15-10)11(7)8-4-5-18-12(8)13(16)17/h2-6H,1H3,(H,14,15)(H,16,17). The van der Waals surface area contributed by atoms with Gasteiger partial charge in [-0.25, -0.2) is 4.79 Å². The van der Waals surface area contributed by atoms with Gasteiger partial charge in [-0.2, -0.15) is 5.10 Å². The predicted octanol–water partition coefficient (Wildman–Crippen LogP) is 3.30. The third-order valence-corrected chi connectivity index (χ3v) is 3.86. The fourth-order valence-electron chi connectivity index (χ4n) is 2.16. The van der Waals surface area contributed by atoms with Crippen molar-refractivity contribution in [3.8, 4) is 11.1 Å². The smallest absolute Gasteiger partial charge is 0.346 e. The van der Waals surface area contributed by atoms with Crippen molar-refractivity contribution in [2.75, 3.05) is 0 Å². The molecule has 0 amide bonds. The molecular weight excluding hydrogens is 248 g/mol. The fourth-order valence-corrected chi connectivity index (χ4v) is 2.89. The predicted molar refractivity (Wildman–Crippen MR) is 71.1 cm³/mol. The molecule has 0 spiro atoms. The Morgan fingerprint density at radius 1 is 1.39 bits per heavy atom. The number of hydrogen-bond acceptors (Lipinski definition) is 3. The average molecular weight is 258 g/mol. The minimum atomic E-state index is -0.889. The molecule has 1 aromatic carbocycles. The summed E-state index contributed by atoms with van der Waals surface area (Å²) in [5.74, 6) is -0.889. The van der Waals surface area contributed by atoms with Gasteiger partial charge in [0.05, 0.1) is 11.7 Å². The quantitative estimate of drug-likeness (QED) is 0.741. The average Bonchev–Trinajstić information content (AvgIpc) is 2.95. The van der Waals surface area contributed by atoms with Crippen LogP contribution in [0.25, 0.3) is 22.0 Å². The number of H-pyrrole nitrogens is 1. The maximum absolute atomic E-state index is 11.2. The molecule has 3 aromatic rings. The first-order chi connectivity index (χ1) is 8.68. The lowest BCUT2D eigenvalue weighted by Crippen LogP contribution is -1.95. The number of aryl methyl sites for hydroxylation is 1. The number of rotatable bonds is 2. The van der Waals surface area contributed by atoms with E-state index in [0.29, 0.717) is 4.88 Å². The van der Waals surface area contributed by atoms with Crippen LogP contribution in [0.2, 0.25) is 0 Å². The number of aromatic carboxylic acids is 1. The normalized spacial score (nSPS) is 10.9. The van der Waals surface area contributed by atoms with E-state index in [1.54, 1.807) is 11.6 Å². The Kier molecular flexibility index (Phi) is 2.41. The van der Waals surface area contributed by atoms with Gasteiger partial charge in [0.1, 0.15) is 4.88 Å². The highest BCUT2D eigenvalue weighted by Gasteiger charge is 2.17. The molecule has 2 heterocycles. The van der Waals surface area contributed by atoms with Crippen LogP contribution >= 0.6 is 11.3 Å². The first-order valence-electron chi connectivity index (χ1n) is 5.42. The first kappa shape index (κ1) is 11.0. The van der Waals surface area contributed by atoms with Crippen molar-refractivity contribution >= 4 is 28.2 Å². The van der Waals surface area contributed by atoms with Crippen LogP contribution in [0.3, 0.4) is 0 Å². The van der Waals surface area contributed by atoms with E-state index in [-0.39, 0.29) is 0 Å². The van der Waals surface area contributed by atoms with Crippen LogP contribution < -0.4 is 0 Å². The Morgan fingerprint density at radius 2 is 2.22 bits per heavy atom. The molecule has 4 nitrogen and oxygen atoms in total. The zero-order valence-corrected chi connectivity index (χ0v) is 10.4. The second-order valence-electron chi connectivity index (χ2n) is 4.06. The molecule has 3 rings (SSSR count). The molecule has 0 bridgehead atoms. The highest BCUT2D eigenvalue weighted by atomic mass is 32.1. The number of carbonyl (C=O) groups is 1. The summed E-state index contributed by atoms with van der Waals surface area (Å²) in [6.07, 6.45) is 1.74. The number of carboxylic acid groups (broad SMARTS) is 1. The first-order valence-corrected chi connectivity index (χ1v) is 6.30. The van der Waals surface area contributed by atoms with Crippen molar-refractivity contribution in [1.29, 1.82) is 0 Å². The Hall–Kier alpha value is -2.14. The Labute approximate surface area is 107 Å². The number of nitrogens with one attached hydrogen (secondary N) is 1. The van der Waals surface area contributed by atoms with Crippen LogP contribution in [0.15, 0.2) is 29.8 Å². The van der Waals surface area contributed by atoms with E-state index < -0.39 is 5.97 Å². The van der Waals surface area contributed by atoms with E-state index in [1.807, 2.05) is 25.1 Å². The molecule has 2 aromatic heterocycles. The molecule has 18 heavy (non-hydrogen) atoms. The van der Waals surface area contributed by atoms with E-state index in [9.17, 15) is 9.90 Å². The van der Waals surface area contributed by atoms with Gasteiger partial charge in [-0.1, -0.05) is 6.07 Å². The van der Waals surface area contributed by atoms with Crippen molar-refractivity contribution in [2.45, 2.75) is 6.92 Å². The summed E-state index contributed by atoms with van der Waals surface area (Å²) in [5.41, 5.74) is 3.67. The van der Waals surface area contributed by atoms with Crippen molar-refractivity contribution in [2.24, 2.45) is 0 Å². The van der Waals surface area contributed by atoms with Gasteiger partial charge in [0, 0.05) is 10.9 Å². The summed E-state index contributed by atoms with van der Waals surface area (Å²) >= 11 is 1.24. The van der Waals surface area contributed by atoms with E-state index >= 15 is 0 Å². The van der Waals surface area contributed by atoms with Gasteiger partial charge in [-0.15, -0.1) is 11.3 Å². The minimum absolute atomic E-state index is 0.367. The van der Waals surface area contributed by atoms with Crippen molar-refractivity contribution in [1.82, 2.24) is 10.2 Å². The topological polar surface area (TPSA) is 66.0 Å². The Morgan fingerprint density at radius 3 is 3.00 bits per heavy atom. The van der Waals surface area contributed by atoms with Crippen LogP contribution in [0.5, 0.6) is 0 Å². The number of aromatic nitrogens is 2. The van der Waals surface area contributed by atoms with Crippen molar-refractivity contribution in [3.63, 3.8) is 0 Å². The number of benzene rings is 1. The fraction of sp³-hybridized carbons (Fsp3) is 0.0769. The molecule has 0 saturated heterocycles. The van der Waals surface area contributed by atoms with Crippen molar-refractivity contribution in [3.05, 3.63) is 40.2 Å². The highest BCUT2D eigenvalue weighted by Crippen LogP contribution is 2.35. The minimum Gasteiger partial charge on any atom is -0.477 e. The van der Waals surface area contributed by atoms with Crippen LogP contribution in [-0.4, -0.2) is 21.3 Å². The van der Waals surface area contributed by atoms with Crippen LogP contribution in [0.4, 0.5) is 0 Å². The number of aromatic amines is 1. The van der Waals surface area contributed by atoms with Crippen molar-refractivity contribution < 1.29 is 9.90 Å². The molecule has 0 radical (unpaired) electrons. The molecule has 2 N–H and O–H groups in total. The summed E-state index contributed by atoms with van der Waals surface area (Å²) in [5, 5.41) is 18.9. The van der Waals surface area contributed by atoms with Crippen LogP contribution in [0.1, 0.15) is 15.2 Å². The van der Waals surface area contributed by atoms with Gasteiger partial charge < -0.3 is 5.11 Å². The summed E-state index contributed by atoms with van der Waals surface area (Å²) in [7, 11) is 0. The van der Waals surface area contributed by atoms with Gasteiger partial charge >= 0.3 is 5.97 Å². The van der Waals surface area contributed by atoms with E-state index in [2.05, 4.69) is 10.2 Å². The molecule has 0 aliphatic heterocycles. The number of hydrogen-bond donors (Lipinski definition) is 2. The Balaban J connectivity index is 2.37. The van der Waals surface area contributed by atoms with E-state index in [1.165, 1.54) is 11.3 Å². The molecule has 0 saturated carbocycles. The van der Waals surface area contributed by atoms with Gasteiger partial charge in [-0.3, -0.25) is 5.10 Å². The summed E-state index contributed by atoms with van der Waals surface area (Å²) in [4.78, 5) is 11.6. The molecule has 0 atom stereocenters.